The molecular weight excluding hydrogens is 279 g/mol. The van der Waals surface area contributed by atoms with E-state index in [0.717, 1.165) is 5.56 Å². The van der Waals surface area contributed by atoms with Crippen molar-refractivity contribution >= 4 is 11.6 Å². The van der Waals surface area contributed by atoms with Crippen LogP contribution in [0.15, 0.2) is 42.5 Å². The van der Waals surface area contributed by atoms with E-state index in [1.54, 1.807) is 38.5 Å². The standard InChI is InChI=1S/C16H16ClFO2/c1-19-15-8-7-11(10-16(15)20-2)13(17)9-12-5-3-4-6-14(12)18/h3-8,10,13H,9H2,1-2H3. The van der Waals surface area contributed by atoms with Crippen molar-refractivity contribution in [3.05, 3.63) is 59.4 Å². The molecular formula is C16H16ClFO2. The van der Waals surface area contributed by atoms with Crippen molar-refractivity contribution < 1.29 is 13.9 Å². The van der Waals surface area contributed by atoms with E-state index in [1.165, 1.54) is 6.07 Å². The first-order valence-corrected chi connectivity index (χ1v) is 6.68. The minimum atomic E-state index is -0.327. The van der Waals surface area contributed by atoms with Crippen molar-refractivity contribution in [3.63, 3.8) is 0 Å². The molecule has 0 saturated carbocycles. The Hall–Kier alpha value is -1.74. The van der Waals surface area contributed by atoms with Crippen LogP contribution in [-0.2, 0) is 6.42 Å². The Morgan fingerprint density at radius 1 is 1.05 bits per heavy atom. The predicted molar refractivity (Wildman–Crippen MR) is 78.2 cm³/mol. The van der Waals surface area contributed by atoms with E-state index in [2.05, 4.69) is 0 Å². The summed E-state index contributed by atoms with van der Waals surface area (Å²) in [7, 11) is 3.15. The number of hydrogen-bond acceptors (Lipinski definition) is 2. The zero-order chi connectivity index (χ0) is 14.5. The molecule has 2 aromatic carbocycles. The fourth-order valence-corrected chi connectivity index (χ4v) is 2.32. The molecule has 0 bridgehead atoms. The number of halogens is 2. The smallest absolute Gasteiger partial charge is 0.161 e. The van der Waals surface area contributed by atoms with Crippen molar-refractivity contribution in [3.8, 4) is 11.5 Å². The molecule has 0 heterocycles. The summed E-state index contributed by atoms with van der Waals surface area (Å²) in [6.45, 7) is 0. The average molecular weight is 295 g/mol. The molecule has 20 heavy (non-hydrogen) atoms. The normalized spacial score (nSPS) is 12.0. The van der Waals surface area contributed by atoms with Gasteiger partial charge in [-0.05, 0) is 35.7 Å². The van der Waals surface area contributed by atoms with Crippen LogP contribution in [0, 0.1) is 5.82 Å². The third-order valence-corrected chi connectivity index (χ3v) is 3.53. The molecule has 0 N–H and O–H groups in total. The Bertz CT molecular complexity index is 586. The number of alkyl halides is 1. The Morgan fingerprint density at radius 2 is 1.75 bits per heavy atom. The summed E-state index contributed by atoms with van der Waals surface area (Å²) in [5.41, 5.74) is 1.47. The Balaban J connectivity index is 2.21. The number of hydrogen-bond donors (Lipinski definition) is 0. The van der Waals surface area contributed by atoms with Gasteiger partial charge in [0.05, 0.1) is 19.6 Å². The minimum absolute atomic E-state index is 0.237. The molecule has 0 saturated heterocycles. The Kier molecular flexibility index (Phi) is 4.85. The van der Waals surface area contributed by atoms with Crippen LogP contribution in [0.25, 0.3) is 0 Å². The minimum Gasteiger partial charge on any atom is -0.493 e. The van der Waals surface area contributed by atoms with Gasteiger partial charge in [-0.15, -0.1) is 11.6 Å². The topological polar surface area (TPSA) is 18.5 Å². The van der Waals surface area contributed by atoms with Crippen LogP contribution in [0.2, 0.25) is 0 Å². The summed E-state index contributed by atoms with van der Waals surface area (Å²) in [6, 6.07) is 12.1. The van der Waals surface area contributed by atoms with Gasteiger partial charge in [0.1, 0.15) is 5.82 Å². The van der Waals surface area contributed by atoms with Gasteiger partial charge in [0.15, 0.2) is 11.5 Å². The SMILES string of the molecule is COc1ccc(C(Cl)Cc2ccccc2F)cc1OC. The zero-order valence-electron chi connectivity index (χ0n) is 11.4. The number of methoxy groups -OCH3 is 2. The van der Waals surface area contributed by atoms with Crippen LogP contribution in [0.1, 0.15) is 16.5 Å². The second-order valence-corrected chi connectivity index (χ2v) is 4.90. The van der Waals surface area contributed by atoms with E-state index >= 15 is 0 Å². The van der Waals surface area contributed by atoms with Crippen molar-refractivity contribution in [2.75, 3.05) is 14.2 Å². The molecule has 0 aliphatic rings. The Labute approximate surface area is 123 Å². The maximum absolute atomic E-state index is 13.6. The number of benzene rings is 2. The Morgan fingerprint density at radius 3 is 2.40 bits per heavy atom. The van der Waals surface area contributed by atoms with Gasteiger partial charge in [-0.1, -0.05) is 24.3 Å². The summed E-state index contributed by atoms with van der Waals surface area (Å²) in [5, 5.41) is -0.327. The number of rotatable bonds is 5. The third kappa shape index (κ3) is 3.23. The van der Waals surface area contributed by atoms with Crippen molar-refractivity contribution in [1.82, 2.24) is 0 Å². The molecule has 2 nitrogen and oxygen atoms in total. The van der Waals surface area contributed by atoms with Gasteiger partial charge in [-0.25, -0.2) is 4.39 Å². The molecule has 4 heteroatoms. The molecule has 1 atom stereocenters. The maximum Gasteiger partial charge on any atom is 0.161 e. The fourth-order valence-electron chi connectivity index (χ4n) is 2.02. The lowest BCUT2D eigenvalue weighted by Gasteiger charge is -2.14. The molecule has 0 aliphatic heterocycles. The van der Waals surface area contributed by atoms with Crippen LogP contribution in [0.3, 0.4) is 0 Å². The van der Waals surface area contributed by atoms with Gasteiger partial charge in [-0.3, -0.25) is 0 Å². The highest BCUT2D eigenvalue weighted by molar-refractivity contribution is 6.21. The molecule has 1 unspecified atom stereocenters. The lowest BCUT2D eigenvalue weighted by molar-refractivity contribution is 0.354. The molecule has 0 aromatic heterocycles. The highest BCUT2D eigenvalue weighted by atomic mass is 35.5. The van der Waals surface area contributed by atoms with Gasteiger partial charge >= 0.3 is 0 Å². The van der Waals surface area contributed by atoms with E-state index in [9.17, 15) is 4.39 Å². The van der Waals surface area contributed by atoms with Gasteiger partial charge in [0.25, 0.3) is 0 Å². The first-order valence-electron chi connectivity index (χ1n) is 6.25. The summed E-state index contributed by atoms with van der Waals surface area (Å²) in [6.07, 6.45) is 0.420. The first-order chi connectivity index (χ1) is 9.65. The summed E-state index contributed by atoms with van der Waals surface area (Å²) >= 11 is 6.37. The van der Waals surface area contributed by atoms with E-state index in [1.807, 2.05) is 12.1 Å². The molecule has 0 radical (unpaired) electrons. The van der Waals surface area contributed by atoms with Crippen molar-refractivity contribution in [2.24, 2.45) is 0 Å². The van der Waals surface area contributed by atoms with Crippen LogP contribution in [-0.4, -0.2) is 14.2 Å². The monoisotopic (exact) mass is 294 g/mol. The fraction of sp³-hybridized carbons (Fsp3) is 0.250. The van der Waals surface area contributed by atoms with Crippen LogP contribution in [0.5, 0.6) is 11.5 Å². The average Bonchev–Trinajstić information content (AvgIpc) is 2.48. The maximum atomic E-state index is 13.6. The van der Waals surface area contributed by atoms with E-state index in [4.69, 9.17) is 21.1 Å². The highest BCUT2D eigenvalue weighted by Gasteiger charge is 2.14. The largest absolute Gasteiger partial charge is 0.493 e. The van der Waals surface area contributed by atoms with Crippen LogP contribution in [0.4, 0.5) is 4.39 Å². The van der Waals surface area contributed by atoms with E-state index < -0.39 is 0 Å². The molecule has 0 fully saturated rings. The van der Waals surface area contributed by atoms with Gasteiger partial charge in [0.2, 0.25) is 0 Å². The summed E-state index contributed by atoms with van der Waals surface area (Å²) in [5.74, 6) is 1.02. The third-order valence-electron chi connectivity index (χ3n) is 3.13. The summed E-state index contributed by atoms with van der Waals surface area (Å²) in [4.78, 5) is 0. The van der Waals surface area contributed by atoms with Gasteiger partial charge < -0.3 is 9.47 Å². The highest BCUT2D eigenvalue weighted by Crippen LogP contribution is 2.33. The van der Waals surface area contributed by atoms with Gasteiger partial charge in [-0.2, -0.15) is 0 Å². The zero-order valence-corrected chi connectivity index (χ0v) is 12.2. The molecule has 0 spiro atoms. The second kappa shape index (κ2) is 6.62. The summed E-state index contributed by atoms with van der Waals surface area (Å²) < 4.78 is 24.1. The molecule has 2 aromatic rings. The first kappa shape index (κ1) is 14.7. The molecule has 0 amide bonds. The van der Waals surface area contributed by atoms with Crippen LogP contribution >= 0.6 is 11.6 Å². The lowest BCUT2D eigenvalue weighted by atomic mass is 10.0. The van der Waals surface area contributed by atoms with Crippen LogP contribution < -0.4 is 9.47 Å². The number of ether oxygens (including phenoxy) is 2. The van der Waals surface area contributed by atoms with E-state index in [-0.39, 0.29) is 11.2 Å². The van der Waals surface area contributed by atoms with Crippen molar-refractivity contribution in [2.45, 2.75) is 11.8 Å². The van der Waals surface area contributed by atoms with Gasteiger partial charge in [0, 0.05) is 0 Å². The predicted octanol–water partition coefficient (Wildman–Crippen LogP) is 4.37. The molecule has 0 aliphatic carbocycles. The quantitative estimate of drug-likeness (QED) is 0.763. The second-order valence-electron chi connectivity index (χ2n) is 4.38. The van der Waals surface area contributed by atoms with E-state index in [0.29, 0.717) is 23.5 Å². The molecule has 2 rings (SSSR count). The van der Waals surface area contributed by atoms with Crippen molar-refractivity contribution in [1.29, 1.82) is 0 Å². The molecule has 106 valence electrons. The lowest BCUT2D eigenvalue weighted by Crippen LogP contribution is -2.00.